The number of nitrogens with zero attached hydrogens (tertiary/aromatic N) is 2. The highest BCUT2D eigenvalue weighted by atomic mass is 16.1. The molecule has 86 valence electrons. The molecule has 0 radical (unpaired) electrons. The number of carbonyl (C=O) groups is 1. The molecule has 0 aromatic carbocycles. The van der Waals surface area contributed by atoms with Crippen molar-refractivity contribution in [2.45, 2.75) is 13.8 Å². The van der Waals surface area contributed by atoms with Gasteiger partial charge in [-0.3, -0.25) is 9.79 Å². The quantitative estimate of drug-likeness (QED) is 0.536. The summed E-state index contributed by atoms with van der Waals surface area (Å²) >= 11 is 0. The molecule has 16 heavy (non-hydrogen) atoms. The molecule has 0 bridgehead atoms. The maximum absolute atomic E-state index is 11.5. The van der Waals surface area contributed by atoms with E-state index in [1.807, 2.05) is 37.1 Å². The third-order valence-corrected chi connectivity index (χ3v) is 2.44. The van der Waals surface area contributed by atoms with Gasteiger partial charge in [0, 0.05) is 31.6 Å². The molecule has 0 aromatic rings. The van der Waals surface area contributed by atoms with Crippen molar-refractivity contribution in [1.29, 1.82) is 0 Å². The molecular formula is C12H17N3O. The molecule has 1 N–H and O–H groups in total. The lowest BCUT2D eigenvalue weighted by molar-refractivity contribution is -0.116. The molecule has 0 aromatic heterocycles. The van der Waals surface area contributed by atoms with Crippen LogP contribution in [-0.4, -0.2) is 30.7 Å². The second-order valence-electron chi connectivity index (χ2n) is 3.35. The number of amides is 1. The van der Waals surface area contributed by atoms with Crippen molar-refractivity contribution in [3.63, 3.8) is 0 Å². The monoisotopic (exact) mass is 219 g/mol. The van der Waals surface area contributed by atoms with E-state index in [1.165, 1.54) is 0 Å². The van der Waals surface area contributed by atoms with Crippen molar-refractivity contribution < 1.29 is 4.79 Å². The van der Waals surface area contributed by atoms with Gasteiger partial charge < -0.3 is 10.2 Å². The summed E-state index contributed by atoms with van der Waals surface area (Å²) in [6.45, 7) is 3.86. The zero-order valence-electron chi connectivity index (χ0n) is 10.1. The second kappa shape index (κ2) is 5.30. The molecule has 4 heteroatoms. The fourth-order valence-corrected chi connectivity index (χ4v) is 1.43. The smallest absolute Gasteiger partial charge is 0.251 e. The first-order chi connectivity index (χ1) is 7.63. The van der Waals surface area contributed by atoms with Gasteiger partial charge in [-0.2, -0.15) is 0 Å². The van der Waals surface area contributed by atoms with Crippen LogP contribution in [0.3, 0.4) is 0 Å². The Labute approximate surface area is 96.0 Å². The van der Waals surface area contributed by atoms with E-state index in [2.05, 4.69) is 10.3 Å². The summed E-state index contributed by atoms with van der Waals surface area (Å²) in [6, 6.07) is 0. The summed E-state index contributed by atoms with van der Waals surface area (Å²) in [6.07, 6.45) is 7.41. The van der Waals surface area contributed by atoms with Crippen molar-refractivity contribution in [1.82, 2.24) is 10.2 Å². The van der Waals surface area contributed by atoms with Gasteiger partial charge in [-0.05, 0) is 26.0 Å². The molecule has 0 saturated carbocycles. The molecule has 0 aliphatic carbocycles. The summed E-state index contributed by atoms with van der Waals surface area (Å²) < 4.78 is 0. The first-order valence-electron chi connectivity index (χ1n) is 5.15. The minimum Gasteiger partial charge on any atom is -0.355 e. The highest BCUT2D eigenvalue weighted by molar-refractivity contribution is 5.97. The fourth-order valence-electron chi connectivity index (χ4n) is 1.43. The number of rotatable bonds is 1. The third kappa shape index (κ3) is 2.39. The Morgan fingerprint density at radius 2 is 2.25 bits per heavy atom. The molecule has 1 aliphatic rings. The number of nitrogens with one attached hydrogen (secondary N) is 1. The summed E-state index contributed by atoms with van der Waals surface area (Å²) in [5.41, 5.74) is 1.60. The van der Waals surface area contributed by atoms with Crippen LogP contribution in [0.15, 0.2) is 40.7 Å². The maximum atomic E-state index is 11.5. The van der Waals surface area contributed by atoms with E-state index in [0.29, 0.717) is 5.57 Å². The Bertz CT molecular complexity index is 402. The first kappa shape index (κ1) is 12.2. The van der Waals surface area contributed by atoms with E-state index >= 15 is 0 Å². The molecule has 0 saturated heterocycles. The second-order valence-corrected chi connectivity index (χ2v) is 3.35. The van der Waals surface area contributed by atoms with Crippen LogP contribution < -0.4 is 5.32 Å². The van der Waals surface area contributed by atoms with Crippen LogP contribution >= 0.6 is 0 Å². The van der Waals surface area contributed by atoms with E-state index in [4.69, 9.17) is 0 Å². The van der Waals surface area contributed by atoms with Gasteiger partial charge in [0.05, 0.1) is 0 Å². The zero-order chi connectivity index (χ0) is 12.1. The third-order valence-electron chi connectivity index (χ3n) is 2.44. The van der Waals surface area contributed by atoms with E-state index in [0.717, 1.165) is 11.5 Å². The standard InChI is InChI=1S/C12H17N3O/c1-5-11-8-10(12(16)14-4)6-7-15(11)9(2)13-3/h5-8H,1-4H3,(H,14,16)/b11-5-,13-9?. The largest absolute Gasteiger partial charge is 0.355 e. The summed E-state index contributed by atoms with van der Waals surface area (Å²) in [5.74, 6) is 0.804. The summed E-state index contributed by atoms with van der Waals surface area (Å²) in [5, 5.41) is 2.60. The lowest BCUT2D eigenvalue weighted by Gasteiger charge is -2.24. The molecule has 1 heterocycles. The summed E-state index contributed by atoms with van der Waals surface area (Å²) in [4.78, 5) is 17.5. The van der Waals surface area contributed by atoms with Crippen molar-refractivity contribution in [2.75, 3.05) is 14.1 Å². The predicted molar refractivity (Wildman–Crippen MR) is 65.9 cm³/mol. The number of amidine groups is 1. The van der Waals surface area contributed by atoms with Crippen LogP contribution in [-0.2, 0) is 4.79 Å². The van der Waals surface area contributed by atoms with Gasteiger partial charge >= 0.3 is 0 Å². The van der Waals surface area contributed by atoms with Crippen LogP contribution in [0.2, 0.25) is 0 Å². The van der Waals surface area contributed by atoms with Crippen molar-refractivity contribution in [3.8, 4) is 0 Å². The van der Waals surface area contributed by atoms with Gasteiger partial charge in [-0.15, -0.1) is 0 Å². The van der Waals surface area contributed by atoms with Crippen LogP contribution in [0.1, 0.15) is 13.8 Å². The Morgan fingerprint density at radius 1 is 1.56 bits per heavy atom. The van der Waals surface area contributed by atoms with Gasteiger partial charge in [0.2, 0.25) is 0 Å². The van der Waals surface area contributed by atoms with Gasteiger partial charge in [0.1, 0.15) is 5.84 Å². The molecule has 1 amide bonds. The number of hydrogen-bond acceptors (Lipinski definition) is 2. The number of likely N-dealkylation sites (N-methyl/N-ethyl adjacent to an activating group) is 1. The van der Waals surface area contributed by atoms with E-state index in [-0.39, 0.29) is 5.91 Å². The zero-order valence-corrected chi connectivity index (χ0v) is 10.1. The number of allylic oxidation sites excluding steroid dienone is 2. The topological polar surface area (TPSA) is 44.7 Å². The Morgan fingerprint density at radius 3 is 2.75 bits per heavy atom. The fraction of sp³-hybridized carbons (Fsp3) is 0.333. The van der Waals surface area contributed by atoms with E-state index in [9.17, 15) is 4.79 Å². The SMILES string of the molecule is C/C=C1/C=C(C(=O)NC)C=CN1C(C)=NC. The van der Waals surface area contributed by atoms with Crippen molar-refractivity contribution in [2.24, 2.45) is 4.99 Å². The lowest BCUT2D eigenvalue weighted by atomic mass is 10.1. The Balaban J connectivity index is 3.02. The van der Waals surface area contributed by atoms with Crippen LogP contribution in [0, 0.1) is 0 Å². The molecular weight excluding hydrogens is 202 g/mol. The molecule has 1 aliphatic heterocycles. The minimum atomic E-state index is -0.0821. The van der Waals surface area contributed by atoms with Crippen molar-refractivity contribution >= 4 is 11.7 Å². The normalized spacial score (nSPS) is 18.8. The molecule has 0 unspecified atom stereocenters. The highest BCUT2D eigenvalue weighted by Gasteiger charge is 2.15. The summed E-state index contributed by atoms with van der Waals surface area (Å²) in [7, 11) is 3.37. The maximum Gasteiger partial charge on any atom is 0.251 e. The molecule has 1 rings (SSSR count). The minimum absolute atomic E-state index is 0.0821. The Kier molecular flexibility index (Phi) is 4.05. The average Bonchev–Trinajstić information content (AvgIpc) is 2.35. The van der Waals surface area contributed by atoms with E-state index < -0.39 is 0 Å². The van der Waals surface area contributed by atoms with E-state index in [1.54, 1.807) is 20.2 Å². The molecule has 0 atom stereocenters. The van der Waals surface area contributed by atoms with Gasteiger partial charge in [0.15, 0.2) is 0 Å². The number of carbonyl (C=O) groups excluding carboxylic acids is 1. The molecule has 4 nitrogen and oxygen atoms in total. The molecule has 0 spiro atoms. The first-order valence-corrected chi connectivity index (χ1v) is 5.15. The lowest BCUT2D eigenvalue weighted by Crippen LogP contribution is -2.27. The van der Waals surface area contributed by atoms with Crippen LogP contribution in [0.5, 0.6) is 0 Å². The predicted octanol–water partition coefficient (Wildman–Crippen LogP) is 1.44. The van der Waals surface area contributed by atoms with Gasteiger partial charge in [0.25, 0.3) is 5.91 Å². The average molecular weight is 219 g/mol. The molecule has 0 fully saturated rings. The van der Waals surface area contributed by atoms with Gasteiger partial charge in [-0.1, -0.05) is 6.08 Å². The number of hydrogen-bond donors (Lipinski definition) is 1. The highest BCUT2D eigenvalue weighted by Crippen LogP contribution is 2.17. The number of aliphatic imine (C=N–C) groups is 1. The van der Waals surface area contributed by atoms with Crippen LogP contribution in [0.4, 0.5) is 0 Å². The van der Waals surface area contributed by atoms with Crippen LogP contribution in [0.25, 0.3) is 0 Å². The van der Waals surface area contributed by atoms with Crippen molar-refractivity contribution in [3.05, 3.63) is 35.7 Å². The van der Waals surface area contributed by atoms with Gasteiger partial charge in [-0.25, -0.2) is 0 Å². The Hall–Kier alpha value is -1.84.